The van der Waals surface area contributed by atoms with E-state index in [4.69, 9.17) is 4.74 Å². The molecule has 0 saturated heterocycles. The summed E-state index contributed by atoms with van der Waals surface area (Å²) in [5, 5.41) is 0. The second-order valence-electron chi connectivity index (χ2n) is 4.60. The monoisotopic (exact) mass is 287 g/mol. The Morgan fingerprint density at radius 3 is 3.06 bits per heavy atom. The van der Waals surface area contributed by atoms with Crippen molar-refractivity contribution in [2.45, 2.75) is 55.8 Å². The van der Waals surface area contributed by atoms with E-state index < -0.39 is 0 Å². The van der Waals surface area contributed by atoms with Crippen LogP contribution in [0.2, 0.25) is 0 Å². The zero-order chi connectivity index (χ0) is 11.6. The third-order valence-electron chi connectivity index (χ3n) is 3.56. The summed E-state index contributed by atoms with van der Waals surface area (Å²) in [6.07, 6.45) is 6.53. The molecule has 0 amide bonds. The van der Waals surface area contributed by atoms with Crippen LogP contribution in [0.25, 0.3) is 0 Å². The first-order valence-electron chi connectivity index (χ1n) is 6.08. The molecular formula is C12H18BrNO2. The number of esters is 1. The molecule has 0 N–H and O–H groups in total. The van der Waals surface area contributed by atoms with E-state index in [9.17, 15) is 4.79 Å². The first-order chi connectivity index (χ1) is 7.68. The SMILES string of the molecule is CCOC(=O)C1=NC2(CCCCC2Br)CC1. The Labute approximate surface area is 105 Å². The van der Waals surface area contributed by atoms with Crippen LogP contribution in [0.4, 0.5) is 0 Å². The Morgan fingerprint density at radius 2 is 2.38 bits per heavy atom. The van der Waals surface area contributed by atoms with Gasteiger partial charge in [-0.15, -0.1) is 0 Å². The van der Waals surface area contributed by atoms with Crippen molar-refractivity contribution in [2.24, 2.45) is 4.99 Å². The Balaban J connectivity index is 2.11. The van der Waals surface area contributed by atoms with Gasteiger partial charge < -0.3 is 4.74 Å². The highest BCUT2D eigenvalue weighted by atomic mass is 79.9. The van der Waals surface area contributed by atoms with Gasteiger partial charge in [0.15, 0.2) is 0 Å². The fraction of sp³-hybridized carbons (Fsp3) is 0.833. The minimum absolute atomic E-state index is 0.0135. The van der Waals surface area contributed by atoms with E-state index in [2.05, 4.69) is 20.9 Å². The van der Waals surface area contributed by atoms with Gasteiger partial charge in [0.2, 0.25) is 0 Å². The lowest BCUT2D eigenvalue weighted by Gasteiger charge is -2.35. The van der Waals surface area contributed by atoms with Gasteiger partial charge in [0, 0.05) is 4.83 Å². The number of aliphatic imine (C=N–C) groups is 1. The predicted molar refractivity (Wildman–Crippen MR) is 67.2 cm³/mol. The molecule has 0 bridgehead atoms. The molecule has 1 fully saturated rings. The fourth-order valence-corrected chi connectivity index (χ4v) is 3.55. The third kappa shape index (κ3) is 2.17. The van der Waals surface area contributed by atoms with E-state index in [0.29, 0.717) is 17.1 Å². The molecule has 4 heteroatoms. The van der Waals surface area contributed by atoms with Crippen molar-refractivity contribution in [3.05, 3.63) is 0 Å². The Hall–Kier alpha value is -0.380. The van der Waals surface area contributed by atoms with Crippen LogP contribution in [-0.2, 0) is 9.53 Å². The van der Waals surface area contributed by atoms with Crippen LogP contribution in [0.5, 0.6) is 0 Å². The summed E-state index contributed by atoms with van der Waals surface area (Å²) < 4.78 is 5.01. The van der Waals surface area contributed by atoms with Crippen molar-refractivity contribution >= 4 is 27.6 Å². The van der Waals surface area contributed by atoms with Crippen LogP contribution >= 0.6 is 15.9 Å². The molecule has 3 nitrogen and oxygen atoms in total. The Bertz CT molecular complexity index is 316. The van der Waals surface area contributed by atoms with Gasteiger partial charge in [0.1, 0.15) is 5.71 Å². The molecule has 1 heterocycles. The zero-order valence-corrected chi connectivity index (χ0v) is 11.3. The average Bonchev–Trinajstić information content (AvgIpc) is 2.69. The van der Waals surface area contributed by atoms with E-state index in [1.807, 2.05) is 6.92 Å². The van der Waals surface area contributed by atoms with Gasteiger partial charge in [0.05, 0.1) is 12.1 Å². The number of halogens is 1. The molecule has 1 aliphatic carbocycles. The number of ether oxygens (including phenoxy) is 1. The third-order valence-corrected chi connectivity index (χ3v) is 4.87. The van der Waals surface area contributed by atoms with Crippen molar-refractivity contribution in [1.82, 2.24) is 0 Å². The van der Waals surface area contributed by atoms with Crippen molar-refractivity contribution in [2.75, 3.05) is 6.61 Å². The molecule has 1 saturated carbocycles. The molecule has 2 rings (SSSR count). The van der Waals surface area contributed by atoms with Crippen LogP contribution in [0.1, 0.15) is 45.4 Å². The molecule has 2 aliphatic rings. The normalized spacial score (nSPS) is 33.9. The number of rotatable bonds is 2. The quantitative estimate of drug-likeness (QED) is 0.579. The molecule has 90 valence electrons. The molecule has 0 aromatic rings. The molecule has 16 heavy (non-hydrogen) atoms. The lowest BCUT2D eigenvalue weighted by atomic mass is 9.80. The van der Waals surface area contributed by atoms with E-state index in [1.165, 1.54) is 19.3 Å². The smallest absolute Gasteiger partial charge is 0.352 e. The van der Waals surface area contributed by atoms with Crippen LogP contribution in [0.15, 0.2) is 4.99 Å². The Kier molecular flexibility index (Phi) is 3.67. The fourth-order valence-electron chi connectivity index (χ4n) is 2.67. The topological polar surface area (TPSA) is 38.7 Å². The Morgan fingerprint density at radius 1 is 1.56 bits per heavy atom. The number of hydrogen-bond donors (Lipinski definition) is 0. The van der Waals surface area contributed by atoms with Gasteiger partial charge in [-0.2, -0.15) is 0 Å². The van der Waals surface area contributed by atoms with E-state index in [0.717, 1.165) is 19.3 Å². The standard InChI is InChI=1S/C12H18BrNO2/c1-2-16-11(15)9-6-8-12(14-9)7-4-3-5-10(12)13/h10H,2-8H2,1H3. The van der Waals surface area contributed by atoms with Gasteiger partial charge in [-0.25, -0.2) is 4.79 Å². The van der Waals surface area contributed by atoms with Crippen LogP contribution in [0.3, 0.4) is 0 Å². The molecule has 0 aromatic heterocycles. The summed E-state index contributed by atoms with van der Waals surface area (Å²) in [5.41, 5.74) is 0.633. The number of nitrogens with zero attached hydrogens (tertiary/aromatic N) is 1. The minimum Gasteiger partial charge on any atom is -0.462 e. The van der Waals surface area contributed by atoms with Crippen molar-refractivity contribution in [1.29, 1.82) is 0 Å². The largest absolute Gasteiger partial charge is 0.462 e. The van der Waals surface area contributed by atoms with Gasteiger partial charge in [-0.3, -0.25) is 4.99 Å². The lowest BCUT2D eigenvalue weighted by molar-refractivity contribution is -0.135. The maximum Gasteiger partial charge on any atom is 0.352 e. The summed E-state index contributed by atoms with van der Waals surface area (Å²) in [5.74, 6) is -0.218. The van der Waals surface area contributed by atoms with Gasteiger partial charge >= 0.3 is 5.97 Å². The van der Waals surface area contributed by atoms with Crippen LogP contribution in [0, 0.1) is 0 Å². The maximum absolute atomic E-state index is 11.6. The summed E-state index contributed by atoms with van der Waals surface area (Å²) >= 11 is 3.73. The van der Waals surface area contributed by atoms with E-state index in [1.54, 1.807) is 0 Å². The highest BCUT2D eigenvalue weighted by molar-refractivity contribution is 9.09. The van der Waals surface area contributed by atoms with Crippen molar-refractivity contribution in [3.8, 4) is 0 Å². The second-order valence-corrected chi connectivity index (χ2v) is 5.70. The number of hydrogen-bond acceptors (Lipinski definition) is 3. The molecule has 0 aromatic carbocycles. The molecule has 1 spiro atoms. The van der Waals surface area contributed by atoms with Crippen molar-refractivity contribution < 1.29 is 9.53 Å². The lowest BCUT2D eigenvalue weighted by Crippen LogP contribution is -2.37. The van der Waals surface area contributed by atoms with E-state index in [-0.39, 0.29) is 11.5 Å². The molecule has 0 radical (unpaired) electrons. The van der Waals surface area contributed by atoms with Crippen LogP contribution < -0.4 is 0 Å². The van der Waals surface area contributed by atoms with Crippen molar-refractivity contribution in [3.63, 3.8) is 0 Å². The summed E-state index contributed by atoms with van der Waals surface area (Å²) in [6.45, 7) is 2.26. The second kappa shape index (κ2) is 4.86. The number of carbonyl (C=O) groups excluding carboxylic acids is 1. The summed E-state index contributed by atoms with van der Waals surface area (Å²) in [4.78, 5) is 16.7. The summed E-state index contributed by atoms with van der Waals surface area (Å²) in [6, 6.07) is 0. The summed E-state index contributed by atoms with van der Waals surface area (Å²) in [7, 11) is 0. The van der Waals surface area contributed by atoms with Gasteiger partial charge in [-0.1, -0.05) is 28.8 Å². The molecule has 2 atom stereocenters. The number of carbonyl (C=O) groups is 1. The zero-order valence-electron chi connectivity index (χ0n) is 9.67. The molecular weight excluding hydrogens is 270 g/mol. The van der Waals surface area contributed by atoms with Gasteiger partial charge in [0.25, 0.3) is 0 Å². The maximum atomic E-state index is 11.6. The first kappa shape index (κ1) is 12.1. The molecule has 2 unspecified atom stereocenters. The van der Waals surface area contributed by atoms with Crippen LogP contribution in [-0.4, -0.2) is 28.7 Å². The highest BCUT2D eigenvalue weighted by Gasteiger charge is 2.43. The highest BCUT2D eigenvalue weighted by Crippen LogP contribution is 2.43. The first-order valence-corrected chi connectivity index (χ1v) is 6.99. The number of alkyl halides is 1. The average molecular weight is 288 g/mol. The minimum atomic E-state index is -0.218. The molecule has 1 aliphatic heterocycles. The van der Waals surface area contributed by atoms with Gasteiger partial charge in [-0.05, 0) is 32.6 Å². The van der Waals surface area contributed by atoms with E-state index >= 15 is 0 Å². The predicted octanol–water partition coefficient (Wildman–Crippen LogP) is 2.86.